The number of benzene rings is 3. The van der Waals surface area contributed by atoms with Crippen LogP contribution in [0.25, 0.3) is 16.5 Å². The van der Waals surface area contributed by atoms with Gasteiger partial charge in [-0.1, -0.05) is 78.9 Å². The van der Waals surface area contributed by atoms with Crippen molar-refractivity contribution in [2.45, 2.75) is 32.9 Å². The van der Waals surface area contributed by atoms with Crippen molar-refractivity contribution < 1.29 is 19.1 Å². The number of ether oxygens (including phenoxy) is 2. The van der Waals surface area contributed by atoms with Crippen LogP contribution in [0.4, 0.5) is 0 Å². The second kappa shape index (κ2) is 10.8. The lowest BCUT2D eigenvalue weighted by Crippen LogP contribution is -2.20. The van der Waals surface area contributed by atoms with E-state index >= 15 is 0 Å². The van der Waals surface area contributed by atoms with E-state index in [1.165, 1.54) is 5.56 Å². The molecule has 1 aromatic heterocycles. The zero-order valence-corrected chi connectivity index (χ0v) is 20.4. The molecule has 0 aliphatic heterocycles. The summed E-state index contributed by atoms with van der Waals surface area (Å²) in [6.45, 7) is 3.37. The number of ketones is 1. The number of carbonyl (C=O) groups is 2. The molecule has 5 nitrogen and oxygen atoms in total. The van der Waals surface area contributed by atoms with Gasteiger partial charge in [0.2, 0.25) is 0 Å². The first-order valence-electron chi connectivity index (χ1n) is 12.4. The number of carbonyl (C=O) groups excluding carboxylic acids is 2. The SMILES string of the molecule is CCOC(=O)C(=O)c1c(C2=CCCc3ccccc32)n(CCOCc2ccccc2)c2ccccc12. The largest absolute Gasteiger partial charge is 0.460 e. The highest BCUT2D eigenvalue weighted by Crippen LogP contribution is 2.38. The van der Waals surface area contributed by atoms with Gasteiger partial charge in [-0.05, 0) is 42.5 Å². The number of aryl methyl sites for hydroxylation is 1. The zero-order chi connectivity index (χ0) is 24.9. The Hall–Kier alpha value is -3.96. The number of fused-ring (bicyclic) bond motifs is 2. The number of aromatic nitrogens is 1. The molecule has 0 unspecified atom stereocenters. The first-order chi connectivity index (χ1) is 17.7. The van der Waals surface area contributed by atoms with Crippen molar-refractivity contribution in [3.05, 3.63) is 113 Å². The molecule has 1 heterocycles. The summed E-state index contributed by atoms with van der Waals surface area (Å²) in [6, 6.07) is 26.1. The van der Waals surface area contributed by atoms with E-state index in [4.69, 9.17) is 9.47 Å². The first kappa shape index (κ1) is 23.8. The highest BCUT2D eigenvalue weighted by molar-refractivity contribution is 6.44. The summed E-state index contributed by atoms with van der Waals surface area (Å²) in [5.41, 5.74) is 6.46. The van der Waals surface area contributed by atoms with Crippen molar-refractivity contribution in [1.29, 1.82) is 0 Å². The van der Waals surface area contributed by atoms with E-state index in [2.05, 4.69) is 22.8 Å². The number of para-hydroxylation sites is 1. The first-order valence-corrected chi connectivity index (χ1v) is 12.4. The van der Waals surface area contributed by atoms with E-state index in [0.717, 1.165) is 46.1 Å². The van der Waals surface area contributed by atoms with Gasteiger partial charge in [-0.3, -0.25) is 4.79 Å². The van der Waals surface area contributed by atoms with E-state index in [-0.39, 0.29) is 6.61 Å². The fraction of sp³-hybridized carbons (Fsp3) is 0.226. The van der Waals surface area contributed by atoms with Crippen molar-refractivity contribution in [3.63, 3.8) is 0 Å². The number of Topliss-reactive ketones (excluding diaryl/α,β-unsaturated/α-hetero) is 1. The maximum Gasteiger partial charge on any atom is 0.379 e. The number of esters is 1. The van der Waals surface area contributed by atoms with Gasteiger partial charge in [-0.25, -0.2) is 4.79 Å². The molecule has 1 aliphatic carbocycles. The molecule has 1 aliphatic rings. The molecule has 0 spiro atoms. The van der Waals surface area contributed by atoms with Crippen LogP contribution < -0.4 is 0 Å². The van der Waals surface area contributed by atoms with Crippen LogP contribution in [0, 0.1) is 0 Å². The minimum Gasteiger partial charge on any atom is -0.460 e. The highest BCUT2D eigenvalue weighted by atomic mass is 16.5. The van der Waals surface area contributed by atoms with Crippen LogP contribution in [0.1, 0.15) is 46.1 Å². The molecule has 4 aromatic rings. The molecular weight excluding hydrogens is 450 g/mol. The third-order valence-electron chi connectivity index (χ3n) is 6.55. The minimum absolute atomic E-state index is 0.150. The molecule has 5 rings (SSSR count). The molecule has 0 radical (unpaired) electrons. The molecule has 182 valence electrons. The second-order valence-electron chi connectivity index (χ2n) is 8.79. The van der Waals surface area contributed by atoms with Crippen molar-refractivity contribution in [2.24, 2.45) is 0 Å². The van der Waals surface area contributed by atoms with Gasteiger partial charge in [-0.2, -0.15) is 0 Å². The fourth-order valence-electron chi connectivity index (χ4n) is 4.97. The minimum atomic E-state index is -0.827. The van der Waals surface area contributed by atoms with Crippen LogP contribution in [0.2, 0.25) is 0 Å². The Morgan fingerprint density at radius 3 is 2.50 bits per heavy atom. The lowest BCUT2D eigenvalue weighted by Gasteiger charge is -2.21. The maximum atomic E-state index is 13.5. The fourth-order valence-corrected chi connectivity index (χ4v) is 4.97. The third kappa shape index (κ3) is 4.62. The average molecular weight is 480 g/mol. The van der Waals surface area contributed by atoms with Gasteiger partial charge in [0.15, 0.2) is 0 Å². The number of allylic oxidation sites excluding steroid dienone is 1. The number of hydrogen-bond acceptors (Lipinski definition) is 4. The van der Waals surface area contributed by atoms with Crippen LogP contribution >= 0.6 is 0 Å². The Bertz CT molecular complexity index is 1430. The van der Waals surface area contributed by atoms with Crippen LogP contribution in [-0.4, -0.2) is 29.5 Å². The van der Waals surface area contributed by atoms with Crippen LogP contribution in [0.3, 0.4) is 0 Å². The van der Waals surface area contributed by atoms with Crippen LogP contribution in [0.15, 0.2) is 84.9 Å². The molecule has 0 fully saturated rings. The Morgan fingerprint density at radius 1 is 0.917 bits per heavy atom. The topological polar surface area (TPSA) is 57.5 Å². The van der Waals surface area contributed by atoms with E-state index in [0.29, 0.717) is 25.3 Å². The quantitative estimate of drug-likeness (QED) is 0.128. The molecule has 0 atom stereocenters. The molecule has 0 N–H and O–H groups in total. The van der Waals surface area contributed by atoms with Gasteiger partial charge in [0.05, 0.1) is 31.1 Å². The summed E-state index contributed by atoms with van der Waals surface area (Å²) in [4.78, 5) is 26.2. The predicted octanol–water partition coefficient (Wildman–Crippen LogP) is 5.98. The molecule has 3 aromatic carbocycles. The normalized spacial score (nSPS) is 12.8. The summed E-state index contributed by atoms with van der Waals surface area (Å²) < 4.78 is 13.3. The molecule has 0 amide bonds. The van der Waals surface area contributed by atoms with Crippen molar-refractivity contribution in [3.8, 4) is 0 Å². The number of rotatable bonds is 9. The standard InChI is InChI=1S/C31H29NO4/c1-2-36-31(34)30(33)28-26-16-8-9-18-27(26)32(19-20-35-21-22-11-4-3-5-12-22)29(28)25-17-10-14-23-13-6-7-15-24(23)25/h3-9,11-13,15-18H,2,10,14,19-21H2,1H3. The molecule has 36 heavy (non-hydrogen) atoms. The Kier molecular flexibility index (Phi) is 7.10. The summed E-state index contributed by atoms with van der Waals surface area (Å²) in [7, 11) is 0. The van der Waals surface area contributed by atoms with Crippen molar-refractivity contribution in [1.82, 2.24) is 4.57 Å². The lowest BCUT2D eigenvalue weighted by atomic mass is 9.87. The Labute approximate surface area is 211 Å². The molecular formula is C31H29NO4. The van der Waals surface area contributed by atoms with Crippen molar-refractivity contribution in [2.75, 3.05) is 13.2 Å². The molecule has 0 saturated heterocycles. The lowest BCUT2D eigenvalue weighted by molar-refractivity contribution is -0.137. The third-order valence-corrected chi connectivity index (χ3v) is 6.55. The van der Waals surface area contributed by atoms with Crippen LogP contribution in [-0.2, 0) is 33.8 Å². The summed E-state index contributed by atoms with van der Waals surface area (Å²) in [5.74, 6) is -1.44. The number of hydrogen-bond donors (Lipinski definition) is 0. The van der Waals surface area contributed by atoms with Crippen molar-refractivity contribution >= 4 is 28.2 Å². The Balaban J connectivity index is 1.60. The van der Waals surface area contributed by atoms with Gasteiger partial charge in [-0.15, -0.1) is 0 Å². The zero-order valence-electron chi connectivity index (χ0n) is 20.4. The average Bonchev–Trinajstić information content (AvgIpc) is 3.25. The van der Waals surface area contributed by atoms with E-state index in [9.17, 15) is 9.59 Å². The summed E-state index contributed by atoms with van der Waals surface area (Å²) >= 11 is 0. The Morgan fingerprint density at radius 2 is 1.67 bits per heavy atom. The summed E-state index contributed by atoms with van der Waals surface area (Å²) in [6.07, 6.45) is 3.99. The predicted molar refractivity (Wildman–Crippen MR) is 141 cm³/mol. The monoisotopic (exact) mass is 479 g/mol. The molecule has 5 heteroatoms. The van der Waals surface area contributed by atoms with Gasteiger partial charge in [0, 0.05) is 23.0 Å². The smallest absolute Gasteiger partial charge is 0.379 e. The van der Waals surface area contributed by atoms with Crippen LogP contribution in [0.5, 0.6) is 0 Å². The molecule has 0 saturated carbocycles. The molecule has 0 bridgehead atoms. The number of nitrogens with zero attached hydrogens (tertiary/aromatic N) is 1. The van der Waals surface area contributed by atoms with E-state index in [1.807, 2.05) is 66.7 Å². The van der Waals surface area contributed by atoms with Gasteiger partial charge >= 0.3 is 5.97 Å². The highest BCUT2D eigenvalue weighted by Gasteiger charge is 2.31. The van der Waals surface area contributed by atoms with E-state index < -0.39 is 11.8 Å². The maximum absolute atomic E-state index is 13.5. The second-order valence-corrected chi connectivity index (χ2v) is 8.79. The van der Waals surface area contributed by atoms with Gasteiger partial charge < -0.3 is 14.0 Å². The summed E-state index contributed by atoms with van der Waals surface area (Å²) in [5, 5.41) is 0.748. The van der Waals surface area contributed by atoms with Gasteiger partial charge in [0.25, 0.3) is 5.78 Å². The van der Waals surface area contributed by atoms with E-state index in [1.54, 1.807) is 6.92 Å². The van der Waals surface area contributed by atoms with Gasteiger partial charge in [0.1, 0.15) is 0 Å².